The first-order valence-electron chi connectivity index (χ1n) is 9.06. The normalized spacial score (nSPS) is 14.4. The first-order chi connectivity index (χ1) is 13.5. The molecule has 0 aliphatic carbocycles. The zero-order chi connectivity index (χ0) is 20.1. The molecule has 9 nitrogen and oxygen atoms in total. The Hall–Kier alpha value is -3.36. The van der Waals surface area contributed by atoms with Gasteiger partial charge in [-0.05, 0) is 37.1 Å². The summed E-state index contributed by atoms with van der Waals surface area (Å²) in [6.45, 7) is 2.81. The van der Waals surface area contributed by atoms with Crippen LogP contribution in [0.5, 0.6) is 0 Å². The second kappa shape index (κ2) is 8.55. The van der Waals surface area contributed by atoms with E-state index < -0.39 is 0 Å². The lowest BCUT2D eigenvalue weighted by Crippen LogP contribution is -2.37. The van der Waals surface area contributed by atoms with E-state index in [9.17, 15) is 9.59 Å². The molecule has 1 aromatic carbocycles. The number of amides is 1. The highest BCUT2D eigenvalue weighted by atomic mass is 16.5. The summed E-state index contributed by atoms with van der Waals surface area (Å²) in [4.78, 5) is 33.4. The first kappa shape index (κ1) is 19.4. The Labute approximate surface area is 163 Å². The summed E-state index contributed by atoms with van der Waals surface area (Å²) in [7, 11) is 1.41. The molecule has 0 unspecified atom stereocenters. The summed E-state index contributed by atoms with van der Waals surface area (Å²) >= 11 is 0. The number of carbonyl (C=O) groups is 2. The van der Waals surface area contributed by atoms with Gasteiger partial charge in [-0.15, -0.1) is 0 Å². The highest BCUT2D eigenvalue weighted by Crippen LogP contribution is 2.31. The summed E-state index contributed by atoms with van der Waals surface area (Å²) in [5.41, 5.74) is 8.25. The van der Waals surface area contributed by atoms with Gasteiger partial charge in [-0.3, -0.25) is 9.59 Å². The third kappa shape index (κ3) is 4.48. The maximum absolute atomic E-state index is 11.7. The van der Waals surface area contributed by atoms with Crippen molar-refractivity contribution in [2.45, 2.75) is 19.8 Å². The fourth-order valence-electron chi connectivity index (χ4n) is 3.21. The van der Waals surface area contributed by atoms with Crippen molar-refractivity contribution in [3.05, 3.63) is 30.6 Å². The molecule has 0 saturated carbocycles. The molecule has 1 fully saturated rings. The smallest absolute Gasteiger partial charge is 0.308 e. The van der Waals surface area contributed by atoms with Crippen LogP contribution in [0.25, 0.3) is 0 Å². The Morgan fingerprint density at radius 1 is 1.14 bits per heavy atom. The van der Waals surface area contributed by atoms with Crippen molar-refractivity contribution in [1.29, 1.82) is 0 Å². The Bertz CT molecular complexity index is 847. The van der Waals surface area contributed by atoms with Crippen LogP contribution in [0.2, 0.25) is 0 Å². The van der Waals surface area contributed by atoms with Gasteiger partial charge in [0.2, 0.25) is 5.91 Å². The van der Waals surface area contributed by atoms with E-state index in [1.54, 1.807) is 12.1 Å². The molecular weight excluding hydrogens is 360 g/mol. The van der Waals surface area contributed by atoms with Gasteiger partial charge in [0.1, 0.15) is 12.0 Å². The van der Waals surface area contributed by atoms with Crippen LogP contribution in [0.15, 0.2) is 30.6 Å². The second-order valence-electron chi connectivity index (χ2n) is 6.63. The van der Waals surface area contributed by atoms with Crippen LogP contribution in [-0.2, 0) is 14.3 Å². The van der Waals surface area contributed by atoms with E-state index in [1.165, 1.54) is 20.4 Å². The van der Waals surface area contributed by atoms with Crippen molar-refractivity contribution in [3.8, 4) is 0 Å². The van der Waals surface area contributed by atoms with Gasteiger partial charge in [0.25, 0.3) is 0 Å². The molecule has 0 spiro atoms. The molecule has 28 heavy (non-hydrogen) atoms. The van der Waals surface area contributed by atoms with E-state index in [0.717, 1.165) is 5.69 Å². The van der Waals surface area contributed by atoms with E-state index in [4.69, 9.17) is 10.5 Å². The number of nitrogens with one attached hydrogen (secondary N) is 2. The van der Waals surface area contributed by atoms with Gasteiger partial charge in [0.05, 0.1) is 13.0 Å². The number of nitrogens with zero attached hydrogens (tertiary/aromatic N) is 3. The number of nitrogen functional groups attached to an aromatic ring is 1. The van der Waals surface area contributed by atoms with Gasteiger partial charge >= 0.3 is 5.97 Å². The number of nitrogens with two attached hydrogens (primary N) is 1. The molecule has 0 bridgehead atoms. The zero-order valence-electron chi connectivity index (χ0n) is 15.9. The number of methoxy groups -OCH3 is 1. The topological polar surface area (TPSA) is 122 Å². The minimum atomic E-state index is -0.166. The lowest BCUT2D eigenvalue weighted by Gasteiger charge is -2.32. The summed E-state index contributed by atoms with van der Waals surface area (Å²) < 4.78 is 4.83. The van der Waals surface area contributed by atoms with Crippen LogP contribution in [0.1, 0.15) is 19.8 Å². The molecule has 1 aliphatic heterocycles. The zero-order valence-corrected chi connectivity index (χ0v) is 15.9. The first-order valence-corrected chi connectivity index (χ1v) is 9.06. The third-order valence-corrected chi connectivity index (χ3v) is 4.66. The Kier molecular flexibility index (Phi) is 5.93. The lowest BCUT2D eigenvalue weighted by molar-refractivity contribution is -0.146. The molecule has 2 heterocycles. The minimum Gasteiger partial charge on any atom is -0.469 e. The maximum Gasteiger partial charge on any atom is 0.308 e. The van der Waals surface area contributed by atoms with E-state index >= 15 is 0 Å². The summed E-state index contributed by atoms with van der Waals surface area (Å²) in [5.74, 6) is 0.786. The number of benzene rings is 1. The lowest BCUT2D eigenvalue weighted by atomic mass is 9.97. The Balaban J connectivity index is 1.69. The second-order valence-corrected chi connectivity index (χ2v) is 6.63. The Morgan fingerprint density at radius 3 is 2.39 bits per heavy atom. The largest absolute Gasteiger partial charge is 0.469 e. The standard InChI is InChI=1S/C19H24N6O3/c1-12(26)23-14-3-5-15(6-4-14)24-17-16(20)18(22-11-21-17)25-9-7-13(8-10-25)19(27)28-2/h3-6,11,13H,7-10,20H2,1-2H3,(H,23,26)(H,21,22,24). The minimum absolute atomic E-state index is 0.0796. The highest BCUT2D eigenvalue weighted by Gasteiger charge is 2.27. The number of esters is 1. The van der Waals surface area contributed by atoms with E-state index in [1.807, 2.05) is 12.1 Å². The fourth-order valence-corrected chi connectivity index (χ4v) is 3.21. The molecule has 4 N–H and O–H groups in total. The van der Waals surface area contributed by atoms with Crippen molar-refractivity contribution in [2.75, 3.05) is 41.5 Å². The van der Waals surface area contributed by atoms with Crippen molar-refractivity contribution in [3.63, 3.8) is 0 Å². The van der Waals surface area contributed by atoms with Gasteiger partial charge in [0, 0.05) is 31.4 Å². The molecule has 1 aromatic heterocycles. The third-order valence-electron chi connectivity index (χ3n) is 4.66. The quantitative estimate of drug-likeness (QED) is 0.670. The monoisotopic (exact) mass is 384 g/mol. The fraction of sp³-hybridized carbons (Fsp3) is 0.368. The highest BCUT2D eigenvalue weighted by molar-refractivity contribution is 5.89. The van der Waals surface area contributed by atoms with Crippen LogP contribution in [-0.4, -0.2) is 42.0 Å². The van der Waals surface area contributed by atoms with Gasteiger partial charge in [-0.2, -0.15) is 0 Å². The van der Waals surface area contributed by atoms with Gasteiger partial charge in [0.15, 0.2) is 11.6 Å². The maximum atomic E-state index is 11.7. The van der Waals surface area contributed by atoms with E-state index in [0.29, 0.717) is 48.9 Å². The van der Waals surface area contributed by atoms with Crippen LogP contribution in [0.4, 0.5) is 28.7 Å². The number of carbonyl (C=O) groups excluding carboxylic acids is 2. The summed E-state index contributed by atoms with van der Waals surface area (Å²) in [6.07, 6.45) is 2.86. The van der Waals surface area contributed by atoms with Crippen molar-refractivity contribution in [1.82, 2.24) is 9.97 Å². The average molecular weight is 384 g/mol. The molecule has 1 aliphatic rings. The molecular formula is C19H24N6O3. The van der Waals surface area contributed by atoms with Crippen LogP contribution >= 0.6 is 0 Å². The van der Waals surface area contributed by atoms with Crippen molar-refractivity contribution >= 4 is 40.6 Å². The van der Waals surface area contributed by atoms with Gasteiger partial charge < -0.3 is 26.0 Å². The van der Waals surface area contributed by atoms with Gasteiger partial charge in [-0.25, -0.2) is 9.97 Å². The number of hydrogen-bond donors (Lipinski definition) is 3. The summed E-state index contributed by atoms with van der Waals surface area (Å²) in [5, 5.41) is 5.90. The number of aromatic nitrogens is 2. The predicted molar refractivity (Wildman–Crippen MR) is 107 cm³/mol. The predicted octanol–water partition coefficient (Wildman–Crippen LogP) is 2.15. The molecule has 0 atom stereocenters. The molecule has 148 valence electrons. The van der Waals surface area contributed by atoms with Crippen molar-refractivity contribution < 1.29 is 14.3 Å². The number of piperidine rings is 1. The van der Waals surface area contributed by atoms with Crippen LogP contribution in [0.3, 0.4) is 0 Å². The van der Waals surface area contributed by atoms with Crippen molar-refractivity contribution in [2.24, 2.45) is 5.92 Å². The Morgan fingerprint density at radius 2 is 1.79 bits per heavy atom. The summed E-state index contributed by atoms with van der Waals surface area (Å²) in [6, 6.07) is 7.24. The molecule has 1 saturated heterocycles. The molecule has 0 radical (unpaired) electrons. The molecule has 1 amide bonds. The number of ether oxygens (including phenoxy) is 1. The van der Waals surface area contributed by atoms with Crippen LogP contribution < -0.4 is 21.3 Å². The molecule has 9 heteroatoms. The number of rotatable bonds is 5. The van der Waals surface area contributed by atoms with E-state index in [2.05, 4.69) is 25.5 Å². The number of anilines is 5. The average Bonchev–Trinajstić information content (AvgIpc) is 2.70. The molecule has 3 rings (SSSR count). The van der Waals surface area contributed by atoms with Gasteiger partial charge in [-0.1, -0.05) is 0 Å². The van der Waals surface area contributed by atoms with E-state index in [-0.39, 0.29) is 17.8 Å². The number of hydrogen-bond acceptors (Lipinski definition) is 8. The SMILES string of the molecule is COC(=O)C1CCN(c2ncnc(Nc3ccc(NC(C)=O)cc3)c2N)CC1. The van der Waals surface area contributed by atoms with Crippen LogP contribution in [0, 0.1) is 5.92 Å². The molecule has 2 aromatic rings.